The zero-order valence-corrected chi connectivity index (χ0v) is 10.4. The molecule has 0 aromatic rings. The van der Waals surface area contributed by atoms with Crippen LogP contribution in [0, 0.1) is 0 Å². The zero-order valence-electron chi connectivity index (χ0n) is 9.56. The van der Waals surface area contributed by atoms with Crippen LogP contribution in [0.2, 0.25) is 0 Å². The fourth-order valence-electron chi connectivity index (χ4n) is 1.03. The maximum absolute atomic E-state index is 11.4. The van der Waals surface area contributed by atoms with Gasteiger partial charge in [0.15, 0.2) is 9.84 Å². The molecule has 0 bridgehead atoms. The van der Waals surface area contributed by atoms with Crippen LogP contribution in [-0.2, 0) is 19.4 Å². The topological polar surface area (TPSA) is 101 Å². The average molecular weight is 251 g/mol. The van der Waals surface area contributed by atoms with E-state index in [2.05, 4.69) is 5.32 Å². The highest BCUT2D eigenvalue weighted by Crippen LogP contribution is 2.02. The fourth-order valence-corrected chi connectivity index (χ4v) is 1.49. The predicted molar refractivity (Wildman–Crippen MR) is 58.8 cm³/mol. The molecule has 1 unspecified atom stereocenters. The number of hydrogen-bond donors (Lipinski definition) is 2. The highest BCUT2D eigenvalue weighted by atomic mass is 32.2. The largest absolute Gasteiger partial charge is 0.480 e. The number of carboxylic acid groups (broad SMARTS) is 1. The molecule has 6 nitrogen and oxygen atoms in total. The minimum Gasteiger partial charge on any atom is -0.480 e. The molecular weight excluding hydrogens is 234 g/mol. The van der Waals surface area contributed by atoms with E-state index >= 15 is 0 Å². The first-order valence-electron chi connectivity index (χ1n) is 4.92. The third-order valence-corrected chi connectivity index (χ3v) is 3.70. The Kier molecular flexibility index (Phi) is 5.43. The Morgan fingerprint density at radius 2 is 1.88 bits per heavy atom. The van der Waals surface area contributed by atoms with Gasteiger partial charge in [0.2, 0.25) is 5.91 Å². The van der Waals surface area contributed by atoms with Gasteiger partial charge in [-0.25, -0.2) is 13.2 Å². The summed E-state index contributed by atoms with van der Waals surface area (Å²) >= 11 is 0. The minimum absolute atomic E-state index is 0.275. The quantitative estimate of drug-likeness (QED) is 0.680. The summed E-state index contributed by atoms with van der Waals surface area (Å²) in [5.74, 6) is -1.93. The van der Waals surface area contributed by atoms with Gasteiger partial charge in [-0.05, 0) is 13.3 Å². The number of hydrogen-bond acceptors (Lipinski definition) is 4. The Balaban J connectivity index is 4.59. The van der Waals surface area contributed by atoms with Gasteiger partial charge in [-0.3, -0.25) is 4.79 Å². The number of carbonyl (C=O) groups excluding carboxylic acids is 1. The second-order valence-corrected chi connectivity index (χ2v) is 6.03. The number of carboxylic acids is 1. The Labute approximate surface area is 95.0 Å². The zero-order chi connectivity index (χ0) is 12.9. The van der Waals surface area contributed by atoms with Crippen molar-refractivity contribution < 1.29 is 23.1 Å². The van der Waals surface area contributed by atoms with E-state index < -0.39 is 33.0 Å². The Morgan fingerprint density at radius 1 is 1.38 bits per heavy atom. The molecule has 0 heterocycles. The van der Waals surface area contributed by atoms with Gasteiger partial charge < -0.3 is 10.4 Å². The molecule has 0 fully saturated rings. The van der Waals surface area contributed by atoms with Crippen molar-refractivity contribution in [2.75, 3.05) is 6.26 Å². The van der Waals surface area contributed by atoms with E-state index in [1.54, 1.807) is 6.92 Å². The van der Waals surface area contributed by atoms with Crippen LogP contribution in [-0.4, -0.2) is 42.9 Å². The second-order valence-electron chi connectivity index (χ2n) is 3.66. The Morgan fingerprint density at radius 3 is 2.19 bits per heavy atom. The summed E-state index contributed by atoms with van der Waals surface area (Å²) < 4.78 is 22.1. The smallest absolute Gasteiger partial charge is 0.326 e. The van der Waals surface area contributed by atoms with Crippen LogP contribution >= 0.6 is 0 Å². The van der Waals surface area contributed by atoms with Crippen LogP contribution in [0.5, 0.6) is 0 Å². The van der Waals surface area contributed by atoms with Crippen LogP contribution < -0.4 is 5.32 Å². The van der Waals surface area contributed by atoms with E-state index in [1.807, 2.05) is 0 Å². The minimum atomic E-state index is -3.49. The first-order chi connectivity index (χ1) is 7.20. The van der Waals surface area contributed by atoms with Crippen molar-refractivity contribution in [2.24, 2.45) is 0 Å². The molecular formula is C9H17NO5S. The van der Waals surface area contributed by atoms with Crippen molar-refractivity contribution in [2.45, 2.75) is 38.0 Å². The summed E-state index contributed by atoms with van der Waals surface area (Å²) in [5.41, 5.74) is 0. The lowest BCUT2D eigenvalue weighted by Gasteiger charge is -2.16. The normalized spacial score (nSPS) is 15.2. The van der Waals surface area contributed by atoms with Crippen molar-refractivity contribution in [1.82, 2.24) is 5.32 Å². The van der Waals surface area contributed by atoms with Crippen LogP contribution in [0.4, 0.5) is 0 Å². The Bertz CT molecular complexity index is 362. The molecule has 0 radical (unpaired) electrons. The first-order valence-corrected chi connectivity index (χ1v) is 6.87. The molecule has 0 spiro atoms. The Hall–Kier alpha value is -1.11. The predicted octanol–water partition coefficient (Wildman–Crippen LogP) is -0.211. The van der Waals surface area contributed by atoms with Crippen molar-refractivity contribution in [1.29, 1.82) is 0 Å². The molecule has 0 aliphatic heterocycles. The molecule has 16 heavy (non-hydrogen) atoms. The lowest BCUT2D eigenvalue weighted by atomic mass is 10.1. The molecule has 2 N–H and O–H groups in total. The highest BCUT2D eigenvalue weighted by molar-refractivity contribution is 7.92. The molecule has 0 aromatic carbocycles. The molecule has 0 saturated heterocycles. The molecule has 0 aliphatic carbocycles. The molecule has 0 aromatic heterocycles. The molecule has 2 atom stereocenters. The second kappa shape index (κ2) is 5.83. The van der Waals surface area contributed by atoms with Gasteiger partial charge in [0.05, 0.1) is 0 Å². The van der Waals surface area contributed by atoms with Crippen molar-refractivity contribution >= 4 is 21.7 Å². The SMILES string of the molecule is CCC[C@H](NC(=O)C(C)S(C)(=O)=O)C(=O)O. The number of nitrogens with one attached hydrogen (secondary N) is 1. The molecule has 0 aliphatic rings. The highest BCUT2D eigenvalue weighted by Gasteiger charge is 2.27. The molecule has 0 rings (SSSR count). The van der Waals surface area contributed by atoms with Crippen molar-refractivity contribution in [3.63, 3.8) is 0 Å². The lowest BCUT2D eigenvalue weighted by Crippen LogP contribution is -2.46. The van der Waals surface area contributed by atoms with Gasteiger partial charge in [-0.2, -0.15) is 0 Å². The number of carbonyl (C=O) groups is 2. The number of rotatable bonds is 6. The maximum Gasteiger partial charge on any atom is 0.326 e. The molecule has 0 saturated carbocycles. The van der Waals surface area contributed by atoms with Gasteiger partial charge in [0.1, 0.15) is 11.3 Å². The summed E-state index contributed by atoms with van der Waals surface area (Å²) in [4.78, 5) is 22.2. The summed E-state index contributed by atoms with van der Waals surface area (Å²) in [6, 6.07) is -1.03. The van der Waals surface area contributed by atoms with Gasteiger partial charge in [0, 0.05) is 6.26 Å². The molecule has 1 amide bonds. The van der Waals surface area contributed by atoms with Crippen LogP contribution in [0.1, 0.15) is 26.7 Å². The van der Waals surface area contributed by atoms with Crippen molar-refractivity contribution in [3.8, 4) is 0 Å². The lowest BCUT2D eigenvalue weighted by molar-refractivity contribution is -0.141. The van der Waals surface area contributed by atoms with Crippen LogP contribution in [0.3, 0.4) is 0 Å². The number of amides is 1. The number of sulfone groups is 1. The van der Waals surface area contributed by atoms with Gasteiger partial charge in [0.25, 0.3) is 0 Å². The van der Waals surface area contributed by atoms with Crippen LogP contribution in [0.15, 0.2) is 0 Å². The molecule has 7 heteroatoms. The maximum atomic E-state index is 11.4. The van der Waals surface area contributed by atoms with E-state index in [1.165, 1.54) is 6.92 Å². The van der Waals surface area contributed by atoms with E-state index in [-0.39, 0.29) is 6.42 Å². The fraction of sp³-hybridized carbons (Fsp3) is 0.778. The van der Waals surface area contributed by atoms with E-state index in [9.17, 15) is 18.0 Å². The van der Waals surface area contributed by atoms with Gasteiger partial charge >= 0.3 is 5.97 Å². The standard InChI is InChI=1S/C9H17NO5S/c1-4-5-7(9(12)13)10-8(11)6(2)16(3,14)15/h6-7H,4-5H2,1-3H3,(H,10,11)(H,12,13)/t6?,7-/m0/s1. The summed E-state index contributed by atoms with van der Waals surface area (Å²) in [6.07, 6.45) is 1.80. The first kappa shape index (κ1) is 14.9. The monoisotopic (exact) mass is 251 g/mol. The molecule has 94 valence electrons. The van der Waals surface area contributed by atoms with Crippen LogP contribution in [0.25, 0.3) is 0 Å². The third-order valence-electron chi connectivity index (χ3n) is 2.20. The average Bonchev–Trinajstić information content (AvgIpc) is 2.14. The van der Waals surface area contributed by atoms with Gasteiger partial charge in [-0.1, -0.05) is 13.3 Å². The van der Waals surface area contributed by atoms with E-state index in [4.69, 9.17) is 5.11 Å². The van der Waals surface area contributed by atoms with E-state index in [0.29, 0.717) is 6.42 Å². The number of aliphatic carboxylic acids is 1. The third kappa shape index (κ3) is 4.61. The van der Waals surface area contributed by atoms with E-state index in [0.717, 1.165) is 6.26 Å². The van der Waals surface area contributed by atoms with Gasteiger partial charge in [-0.15, -0.1) is 0 Å². The van der Waals surface area contributed by atoms with Crippen molar-refractivity contribution in [3.05, 3.63) is 0 Å². The summed E-state index contributed by atoms with van der Waals surface area (Å²) in [7, 11) is -3.49. The summed E-state index contributed by atoms with van der Waals surface area (Å²) in [6.45, 7) is 3.01. The summed E-state index contributed by atoms with van der Waals surface area (Å²) in [5, 5.41) is 9.75.